The van der Waals surface area contributed by atoms with Crippen LogP contribution in [0.1, 0.15) is 25.3 Å². The second-order valence-electron chi connectivity index (χ2n) is 8.06. The number of rotatable bonds is 9. The van der Waals surface area contributed by atoms with Gasteiger partial charge in [0, 0.05) is 26.1 Å². The lowest BCUT2D eigenvalue weighted by Crippen LogP contribution is -2.54. The van der Waals surface area contributed by atoms with Gasteiger partial charge in [-0.05, 0) is 51.6 Å². The summed E-state index contributed by atoms with van der Waals surface area (Å²) in [6, 6.07) is 2.51. The Kier molecular flexibility index (Phi) is 8.64. The average Bonchev–Trinajstić information content (AvgIpc) is 3.19. The molecule has 0 spiro atoms. The average molecular weight is 437 g/mol. The summed E-state index contributed by atoms with van der Waals surface area (Å²) in [5.41, 5.74) is 0.450. The maximum Gasteiger partial charge on any atom is 0.249 e. The van der Waals surface area contributed by atoms with Gasteiger partial charge in [-0.15, -0.1) is 0 Å². The summed E-state index contributed by atoms with van der Waals surface area (Å²) in [7, 11) is 3.81. The molecule has 1 aromatic carbocycles. The maximum absolute atomic E-state index is 12.8. The molecule has 1 aliphatic heterocycles. The Morgan fingerprint density at radius 1 is 1.23 bits per heavy atom. The highest BCUT2D eigenvalue weighted by Crippen LogP contribution is 2.25. The molecular weight excluding hydrogens is 404 g/mol. The molecular formula is C21H32N4O6. The van der Waals surface area contributed by atoms with E-state index in [1.807, 2.05) is 19.0 Å². The number of carbonyl (C=O) groups excluding carboxylic acids is 3. The Bertz CT molecular complexity index is 800. The number of aliphatic hydroxyl groups excluding tert-OH is 1. The third-order valence-corrected chi connectivity index (χ3v) is 5.20. The highest BCUT2D eigenvalue weighted by atomic mass is 16.3. The lowest BCUT2D eigenvalue weighted by Gasteiger charge is -2.27. The number of hydrogen-bond acceptors (Lipinski definition) is 7. The maximum atomic E-state index is 12.8. The number of aliphatic hydroxyl groups is 1. The molecule has 1 fully saturated rings. The van der Waals surface area contributed by atoms with Gasteiger partial charge in [-0.25, -0.2) is 0 Å². The second-order valence-corrected chi connectivity index (χ2v) is 8.06. The fraction of sp³-hybridized carbons (Fsp3) is 0.571. The molecule has 3 amide bonds. The van der Waals surface area contributed by atoms with Crippen LogP contribution in [0.2, 0.25) is 0 Å². The van der Waals surface area contributed by atoms with E-state index in [1.54, 1.807) is 0 Å². The molecule has 5 N–H and O–H groups in total. The first-order valence-electron chi connectivity index (χ1n) is 10.3. The summed E-state index contributed by atoms with van der Waals surface area (Å²) in [5, 5.41) is 34.3. The Labute approximate surface area is 181 Å². The number of hydrogen-bond donors (Lipinski definition) is 5. The van der Waals surface area contributed by atoms with Gasteiger partial charge in [-0.1, -0.05) is 6.07 Å². The number of likely N-dealkylation sites (N-methyl/N-ethyl adjacent to an activating group) is 1. The van der Waals surface area contributed by atoms with Crippen molar-refractivity contribution in [3.8, 4) is 11.5 Å². The zero-order chi connectivity index (χ0) is 23.1. The van der Waals surface area contributed by atoms with E-state index >= 15 is 0 Å². The molecule has 3 atom stereocenters. The van der Waals surface area contributed by atoms with Crippen molar-refractivity contribution in [3.05, 3.63) is 23.8 Å². The molecule has 1 saturated heterocycles. The Balaban J connectivity index is 1.90. The smallest absolute Gasteiger partial charge is 0.249 e. The van der Waals surface area contributed by atoms with Crippen LogP contribution < -0.4 is 10.6 Å². The predicted molar refractivity (Wildman–Crippen MR) is 113 cm³/mol. The quantitative estimate of drug-likeness (QED) is 0.318. The van der Waals surface area contributed by atoms with Gasteiger partial charge in [0.1, 0.15) is 18.2 Å². The van der Waals surface area contributed by atoms with E-state index in [-0.39, 0.29) is 29.7 Å². The van der Waals surface area contributed by atoms with Crippen molar-refractivity contribution < 1.29 is 29.7 Å². The molecule has 1 heterocycles. The number of aromatic hydroxyl groups is 2. The number of amides is 3. The lowest BCUT2D eigenvalue weighted by atomic mass is 10.1. The minimum atomic E-state index is -1.44. The molecule has 2 rings (SSSR count). The molecule has 0 aliphatic carbocycles. The Hall–Kier alpha value is -2.85. The summed E-state index contributed by atoms with van der Waals surface area (Å²) >= 11 is 0. The van der Waals surface area contributed by atoms with Crippen LogP contribution in [-0.4, -0.2) is 94.8 Å². The van der Waals surface area contributed by atoms with Crippen molar-refractivity contribution in [3.63, 3.8) is 0 Å². The third-order valence-electron chi connectivity index (χ3n) is 5.20. The van der Waals surface area contributed by atoms with Crippen molar-refractivity contribution in [2.75, 3.05) is 33.7 Å². The number of phenolic OH excluding ortho intramolecular Hbond substituents is 2. The first kappa shape index (κ1) is 24.4. The second kappa shape index (κ2) is 11.0. The van der Waals surface area contributed by atoms with Gasteiger partial charge < -0.3 is 35.8 Å². The largest absolute Gasteiger partial charge is 0.504 e. The van der Waals surface area contributed by atoms with Gasteiger partial charge in [0.15, 0.2) is 11.5 Å². The Morgan fingerprint density at radius 2 is 1.94 bits per heavy atom. The van der Waals surface area contributed by atoms with Crippen molar-refractivity contribution in [1.82, 2.24) is 20.4 Å². The van der Waals surface area contributed by atoms with Crippen molar-refractivity contribution in [2.24, 2.45) is 0 Å². The predicted octanol–water partition coefficient (Wildman–Crippen LogP) is -0.825. The number of carbonyl (C=O) groups is 3. The van der Waals surface area contributed by atoms with Crippen LogP contribution in [0, 0.1) is 0 Å². The monoisotopic (exact) mass is 436 g/mol. The molecule has 31 heavy (non-hydrogen) atoms. The van der Waals surface area contributed by atoms with E-state index in [4.69, 9.17) is 0 Å². The number of benzene rings is 1. The molecule has 10 nitrogen and oxygen atoms in total. The zero-order valence-electron chi connectivity index (χ0n) is 18.2. The van der Waals surface area contributed by atoms with Crippen molar-refractivity contribution in [2.45, 2.75) is 44.4 Å². The SMILES string of the molecule is C[C@H](NC(=O)[C@H](O)Cc1ccc(O)c(O)c1)C(=O)N1CCC[C@H]1C(=O)NCCN(C)C. The van der Waals surface area contributed by atoms with E-state index in [1.165, 1.54) is 30.0 Å². The standard InChI is InChI=1S/C21H32N4O6/c1-13(23-20(30)18(28)12-14-6-7-16(26)17(27)11-14)21(31)25-9-4-5-15(25)19(29)22-8-10-24(2)3/h6-7,11,13,15,18,26-28H,4-5,8-10,12H2,1-3H3,(H,22,29)(H,23,30)/t13-,15-,18+/m0/s1. The number of nitrogens with one attached hydrogen (secondary N) is 2. The van der Waals surface area contributed by atoms with Gasteiger partial charge in [0.05, 0.1) is 0 Å². The summed E-state index contributed by atoms with van der Waals surface area (Å²) < 4.78 is 0. The van der Waals surface area contributed by atoms with Gasteiger partial charge >= 0.3 is 0 Å². The van der Waals surface area contributed by atoms with Crippen molar-refractivity contribution >= 4 is 17.7 Å². The van der Waals surface area contributed by atoms with Crippen LogP contribution >= 0.6 is 0 Å². The van der Waals surface area contributed by atoms with E-state index in [0.29, 0.717) is 38.0 Å². The first-order valence-corrected chi connectivity index (χ1v) is 10.3. The number of phenols is 2. The lowest BCUT2D eigenvalue weighted by molar-refractivity contribution is -0.142. The molecule has 0 unspecified atom stereocenters. The summed E-state index contributed by atoms with van der Waals surface area (Å²) in [4.78, 5) is 41.0. The van der Waals surface area contributed by atoms with Crippen LogP contribution in [0.25, 0.3) is 0 Å². The first-order chi connectivity index (χ1) is 14.6. The minimum absolute atomic E-state index is 0.0960. The van der Waals surface area contributed by atoms with Crippen LogP contribution in [0.5, 0.6) is 11.5 Å². The summed E-state index contributed by atoms with van der Waals surface area (Å²) in [6.07, 6.45) is -0.276. The topological polar surface area (TPSA) is 142 Å². The molecule has 1 aliphatic rings. The minimum Gasteiger partial charge on any atom is -0.504 e. The number of nitrogens with zero attached hydrogens (tertiary/aromatic N) is 2. The van der Waals surface area contributed by atoms with E-state index in [0.717, 1.165) is 0 Å². The van der Waals surface area contributed by atoms with Gasteiger partial charge in [-0.3, -0.25) is 14.4 Å². The third kappa shape index (κ3) is 6.83. The van der Waals surface area contributed by atoms with Crippen LogP contribution in [-0.2, 0) is 20.8 Å². The molecule has 0 bridgehead atoms. The van der Waals surface area contributed by atoms with Gasteiger partial charge in [-0.2, -0.15) is 0 Å². The normalized spacial score (nSPS) is 18.0. The van der Waals surface area contributed by atoms with Crippen LogP contribution in [0.15, 0.2) is 18.2 Å². The van der Waals surface area contributed by atoms with Gasteiger partial charge in [0.25, 0.3) is 0 Å². The summed E-state index contributed by atoms with van der Waals surface area (Å²) in [5.74, 6) is -1.98. The summed E-state index contributed by atoms with van der Waals surface area (Å²) in [6.45, 7) is 3.12. The van der Waals surface area contributed by atoms with Crippen LogP contribution in [0.4, 0.5) is 0 Å². The molecule has 10 heteroatoms. The van der Waals surface area contributed by atoms with E-state index in [9.17, 15) is 29.7 Å². The number of likely N-dealkylation sites (tertiary alicyclic amines) is 1. The molecule has 0 aromatic heterocycles. The fourth-order valence-corrected chi connectivity index (χ4v) is 3.46. The molecule has 1 aromatic rings. The Morgan fingerprint density at radius 3 is 2.58 bits per heavy atom. The highest BCUT2D eigenvalue weighted by molar-refractivity contribution is 5.93. The fourth-order valence-electron chi connectivity index (χ4n) is 3.46. The van der Waals surface area contributed by atoms with Crippen molar-refractivity contribution in [1.29, 1.82) is 0 Å². The van der Waals surface area contributed by atoms with Gasteiger partial charge in [0.2, 0.25) is 17.7 Å². The van der Waals surface area contributed by atoms with Crippen LogP contribution in [0.3, 0.4) is 0 Å². The molecule has 0 radical (unpaired) electrons. The van der Waals surface area contributed by atoms with E-state index in [2.05, 4.69) is 10.6 Å². The zero-order valence-corrected chi connectivity index (χ0v) is 18.2. The molecule has 172 valence electrons. The highest BCUT2D eigenvalue weighted by Gasteiger charge is 2.36. The molecule has 0 saturated carbocycles. The van der Waals surface area contributed by atoms with E-state index < -0.39 is 24.1 Å².